The average Bonchev–Trinajstić information content (AvgIpc) is 3.44. The molecule has 0 N–H and O–H groups in total. The van der Waals surface area contributed by atoms with Crippen LogP contribution < -0.4 is 22.2 Å². The largest absolute Gasteiger partial charge is 0.460 e. The van der Waals surface area contributed by atoms with Gasteiger partial charge in [0.1, 0.15) is 0 Å². The van der Waals surface area contributed by atoms with Gasteiger partial charge in [-0.25, -0.2) is 0 Å². The highest BCUT2D eigenvalue weighted by atomic mass is 19.5. The van der Waals surface area contributed by atoms with Crippen molar-refractivity contribution in [2.75, 3.05) is 0 Å². The van der Waals surface area contributed by atoms with E-state index in [1.165, 1.54) is 0 Å². The highest BCUT2D eigenvalue weighted by Gasteiger charge is 2.85. The fourth-order valence-electron chi connectivity index (χ4n) is 5.32. The van der Waals surface area contributed by atoms with Crippen LogP contribution in [0.1, 0.15) is 11.1 Å². The average molecular weight is 1020 g/mol. The van der Waals surface area contributed by atoms with Crippen molar-refractivity contribution in [3.05, 3.63) is 52.5 Å². The number of hydrogen-bond donors (Lipinski definition) is 0. The third-order valence-electron chi connectivity index (χ3n) is 8.60. The predicted octanol–water partition coefficient (Wildman–Crippen LogP) is 9.43. The zero-order valence-electron chi connectivity index (χ0n) is 28.0. The summed E-state index contributed by atoms with van der Waals surface area (Å²) >= 11 is 0. The molecular weight excluding hydrogens is 1010 g/mol. The second-order valence-electron chi connectivity index (χ2n) is 12.6. The summed E-state index contributed by atoms with van der Waals surface area (Å²) in [4.78, 5) is 52.3. The molecule has 0 saturated heterocycles. The monoisotopic (exact) mass is 1020 g/mol. The third kappa shape index (κ3) is 6.80. The Hall–Kier alpha value is -4.74. The standard InChI is InChI=1S/C26H4F32N2O4/c27-13(28,17(35,36)23(47,48)49)1-59-9(61)3-4(10(59)62)8(16(33,34)20(41,42)22(45,46)26(56,57)58)6-5(7(3)15(31,32)19(39,40)21(43,44)25(53,54)55)11(63)60(12(6)64)2-14(29,30)18(37,38)24(50,51)52/h1-2H2. The second-order valence-corrected chi connectivity index (χ2v) is 12.6. The molecule has 0 amide bonds. The summed E-state index contributed by atoms with van der Waals surface area (Å²) in [5, 5.41) is -17.4. The minimum atomic E-state index is -8.81. The molecule has 2 heterocycles. The summed E-state index contributed by atoms with van der Waals surface area (Å²) in [6.07, 6.45) is -32.0. The maximum Gasteiger partial charge on any atom is 0.460 e. The van der Waals surface area contributed by atoms with Gasteiger partial charge in [-0.2, -0.15) is 140 Å². The van der Waals surface area contributed by atoms with E-state index >= 15 is 17.6 Å². The summed E-state index contributed by atoms with van der Waals surface area (Å²) in [6, 6.07) is 0. The second kappa shape index (κ2) is 13.9. The van der Waals surface area contributed by atoms with Crippen molar-refractivity contribution in [3.63, 3.8) is 0 Å². The van der Waals surface area contributed by atoms with Gasteiger partial charge in [-0.1, -0.05) is 0 Å². The van der Waals surface area contributed by atoms with Gasteiger partial charge in [-0.3, -0.25) is 28.3 Å². The number of fused-ring (bicyclic) bond motifs is 2. The van der Waals surface area contributed by atoms with Crippen LogP contribution in [0.5, 0.6) is 0 Å². The Balaban J connectivity index is 3.06. The van der Waals surface area contributed by atoms with Gasteiger partial charge in [0, 0.05) is 0 Å². The quantitative estimate of drug-likeness (QED) is 0.170. The molecule has 2 aromatic heterocycles. The maximum atomic E-state index is 15.8. The summed E-state index contributed by atoms with van der Waals surface area (Å²) in [6.45, 7) is -8.85. The molecule has 0 atom stereocenters. The molecule has 0 radical (unpaired) electrons. The SMILES string of the molecule is O=c1c2c(C(F)(F)C(F)(F)C(F)(F)C(F)(F)F)c3c(=O)n(CC(F)(F)C(F)(F)C(F)(F)F)c(=O)c3c(C(F)(F)C(F)(F)C(F)(F)C(F)(F)F)c2c(=O)n1CC(F)(F)C(F)(F)C(F)(F)F. The van der Waals surface area contributed by atoms with Gasteiger partial charge >= 0.3 is 83.9 Å². The number of aromatic nitrogens is 2. The molecule has 0 aliphatic rings. The van der Waals surface area contributed by atoms with Crippen LogP contribution in [0.3, 0.4) is 0 Å². The number of nitrogens with zero attached hydrogens (tertiary/aromatic N) is 2. The first-order chi connectivity index (χ1) is 27.6. The van der Waals surface area contributed by atoms with Gasteiger partial charge in [-0.05, 0) is 0 Å². The van der Waals surface area contributed by atoms with Crippen LogP contribution in [0.4, 0.5) is 140 Å². The fourth-order valence-corrected chi connectivity index (χ4v) is 5.32. The van der Waals surface area contributed by atoms with E-state index in [0.717, 1.165) is 0 Å². The van der Waals surface area contributed by atoms with Crippen LogP contribution >= 0.6 is 0 Å². The molecule has 366 valence electrons. The number of benzene rings is 1. The number of halogens is 32. The van der Waals surface area contributed by atoms with Crippen LogP contribution in [0.15, 0.2) is 19.2 Å². The van der Waals surface area contributed by atoms with Gasteiger partial charge in [0.25, 0.3) is 22.2 Å². The summed E-state index contributed by atoms with van der Waals surface area (Å²) in [5.41, 5.74) is -26.8. The molecule has 38 heteroatoms. The van der Waals surface area contributed by atoms with E-state index < -0.39 is 161 Å². The molecule has 64 heavy (non-hydrogen) atoms. The topological polar surface area (TPSA) is 78.1 Å². The van der Waals surface area contributed by atoms with Crippen molar-refractivity contribution >= 4 is 21.5 Å². The van der Waals surface area contributed by atoms with E-state index in [4.69, 9.17) is 0 Å². The van der Waals surface area contributed by atoms with E-state index in [-0.39, 0.29) is 0 Å². The molecule has 0 bridgehead atoms. The summed E-state index contributed by atoms with van der Waals surface area (Å²) < 4.78 is 440. The minimum Gasteiger partial charge on any atom is -0.269 e. The summed E-state index contributed by atoms with van der Waals surface area (Å²) in [7, 11) is 0. The lowest BCUT2D eigenvalue weighted by Gasteiger charge is -2.35. The molecule has 3 aromatic rings. The number of alkyl halides is 32. The lowest BCUT2D eigenvalue weighted by molar-refractivity contribution is -0.399. The highest BCUT2D eigenvalue weighted by molar-refractivity contribution is 6.07. The Morgan fingerprint density at radius 2 is 0.438 bits per heavy atom. The predicted molar refractivity (Wildman–Crippen MR) is 136 cm³/mol. The Morgan fingerprint density at radius 3 is 0.594 bits per heavy atom. The van der Waals surface area contributed by atoms with Gasteiger partial charge in [-0.15, -0.1) is 0 Å². The Bertz CT molecular complexity index is 2300. The van der Waals surface area contributed by atoms with E-state index in [1.807, 2.05) is 0 Å². The molecule has 0 fully saturated rings. The van der Waals surface area contributed by atoms with Crippen molar-refractivity contribution in [2.45, 2.75) is 97.0 Å². The van der Waals surface area contributed by atoms with Crippen LogP contribution in [0.2, 0.25) is 0 Å². The zero-order chi connectivity index (χ0) is 51.3. The van der Waals surface area contributed by atoms with Gasteiger partial charge < -0.3 is 0 Å². The van der Waals surface area contributed by atoms with Crippen LogP contribution in [-0.2, 0) is 24.9 Å². The van der Waals surface area contributed by atoms with Crippen molar-refractivity contribution in [3.8, 4) is 0 Å². The smallest absolute Gasteiger partial charge is 0.269 e. The first kappa shape index (κ1) is 53.6. The van der Waals surface area contributed by atoms with Crippen LogP contribution in [-0.4, -0.2) is 81.2 Å². The fraction of sp³-hybridized carbons (Fsp3) is 0.615. The molecule has 0 aliphatic heterocycles. The van der Waals surface area contributed by atoms with E-state index in [9.17, 15) is 142 Å². The lowest BCUT2D eigenvalue weighted by atomic mass is 9.84. The highest BCUT2D eigenvalue weighted by Crippen LogP contribution is 2.62. The lowest BCUT2D eigenvalue weighted by Crippen LogP contribution is -2.60. The molecule has 0 spiro atoms. The van der Waals surface area contributed by atoms with Crippen molar-refractivity contribution in [1.82, 2.24) is 9.13 Å². The third-order valence-corrected chi connectivity index (χ3v) is 8.60. The molecule has 6 nitrogen and oxygen atoms in total. The van der Waals surface area contributed by atoms with E-state index in [2.05, 4.69) is 0 Å². The Morgan fingerprint density at radius 1 is 0.266 bits per heavy atom. The Labute approximate surface area is 321 Å². The molecule has 0 saturated carbocycles. The zero-order valence-corrected chi connectivity index (χ0v) is 28.0. The molecule has 3 rings (SSSR count). The number of rotatable bonds is 12. The van der Waals surface area contributed by atoms with E-state index in [1.54, 1.807) is 0 Å². The summed E-state index contributed by atoms with van der Waals surface area (Å²) in [5.74, 6) is -82.4. The molecule has 1 aromatic carbocycles. The van der Waals surface area contributed by atoms with Crippen molar-refractivity contribution in [2.24, 2.45) is 0 Å². The normalized spacial score (nSPS) is 15.9. The van der Waals surface area contributed by atoms with E-state index in [0.29, 0.717) is 0 Å². The van der Waals surface area contributed by atoms with Crippen molar-refractivity contribution in [1.29, 1.82) is 0 Å². The van der Waals surface area contributed by atoms with Gasteiger partial charge in [0.2, 0.25) is 0 Å². The minimum absolute atomic E-state index is 2.57. The molecular formula is C26H4F32N2O4. The van der Waals surface area contributed by atoms with Gasteiger partial charge in [0.05, 0.1) is 45.8 Å². The van der Waals surface area contributed by atoms with Crippen molar-refractivity contribution < 1.29 is 140 Å². The first-order valence-electron chi connectivity index (χ1n) is 14.6. The maximum absolute atomic E-state index is 15.8. The Kier molecular flexibility index (Phi) is 11.6. The number of hydrogen-bond acceptors (Lipinski definition) is 4. The van der Waals surface area contributed by atoms with Crippen LogP contribution in [0, 0.1) is 0 Å². The molecule has 0 aliphatic carbocycles. The molecule has 0 unspecified atom stereocenters. The first-order valence-corrected chi connectivity index (χ1v) is 14.6. The van der Waals surface area contributed by atoms with Gasteiger partial charge in [0.15, 0.2) is 0 Å². The van der Waals surface area contributed by atoms with Crippen LogP contribution in [0.25, 0.3) is 21.5 Å².